The van der Waals surface area contributed by atoms with Gasteiger partial charge in [-0.1, -0.05) is 19.3 Å². The summed E-state index contributed by atoms with van der Waals surface area (Å²) in [6.45, 7) is 0. The van der Waals surface area contributed by atoms with Crippen molar-refractivity contribution in [2.75, 3.05) is 5.73 Å². The van der Waals surface area contributed by atoms with Crippen molar-refractivity contribution in [2.24, 2.45) is 0 Å². The summed E-state index contributed by atoms with van der Waals surface area (Å²) in [5.41, 5.74) is 6.97. The van der Waals surface area contributed by atoms with Crippen LogP contribution < -0.4 is 11.1 Å². The maximum atomic E-state index is 12.4. The molecular formula is C16H19N3O. The van der Waals surface area contributed by atoms with Crippen LogP contribution in [0.25, 0.3) is 10.8 Å². The standard InChI is InChI=1S/C16H19N3O/c17-12-6-7-14-11(10-12)8-9-18-15(14)16(20)19-13-4-2-1-3-5-13/h6-10,13H,1-5,17H2,(H,19,20). The predicted octanol–water partition coefficient (Wildman–Crippen LogP) is 2.88. The van der Waals surface area contributed by atoms with Gasteiger partial charge in [-0.2, -0.15) is 0 Å². The Labute approximate surface area is 118 Å². The Balaban J connectivity index is 1.87. The zero-order valence-electron chi connectivity index (χ0n) is 11.4. The number of benzene rings is 1. The number of amides is 1. The minimum absolute atomic E-state index is 0.0766. The van der Waals surface area contributed by atoms with E-state index in [2.05, 4.69) is 10.3 Å². The highest BCUT2D eigenvalue weighted by molar-refractivity contribution is 6.05. The molecule has 4 heteroatoms. The molecule has 0 spiro atoms. The number of pyridine rings is 1. The van der Waals surface area contributed by atoms with E-state index in [1.165, 1.54) is 19.3 Å². The van der Waals surface area contributed by atoms with Gasteiger partial charge in [0.05, 0.1) is 0 Å². The Kier molecular flexibility index (Phi) is 3.54. The third kappa shape index (κ3) is 2.59. The smallest absolute Gasteiger partial charge is 0.270 e. The van der Waals surface area contributed by atoms with Crippen LogP contribution in [-0.4, -0.2) is 16.9 Å². The van der Waals surface area contributed by atoms with E-state index in [1.807, 2.05) is 18.2 Å². The lowest BCUT2D eigenvalue weighted by Crippen LogP contribution is -2.36. The van der Waals surface area contributed by atoms with Gasteiger partial charge < -0.3 is 11.1 Å². The van der Waals surface area contributed by atoms with Crippen molar-refractivity contribution < 1.29 is 4.79 Å². The summed E-state index contributed by atoms with van der Waals surface area (Å²) < 4.78 is 0. The Bertz CT molecular complexity index is 633. The van der Waals surface area contributed by atoms with Gasteiger partial charge in [0.2, 0.25) is 0 Å². The number of anilines is 1. The average Bonchev–Trinajstić information content (AvgIpc) is 2.47. The van der Waals surface area contributed by atoms with E-state index in [9.17, 15) is 4.79 Å². The molecule has 1 saturated carbocycles. The maximum absolute atomic E-state index is 12.4. The van der Waals surface area contributed by atoms with Crippen LogP contribution in [0.3, 0.4) is 0 Å². The normalized spacial score (nSPS) is 16.2. The van der Waals surface area contributed by atoms with Crippen molar-refractivity contribution in [1.29, 1.82) is 0 Å². The lowest BCUT2D eigenvalue weighted by molar-refractivity contribution is 0.0924. The molecule has 1 aliphatic carbocycles. The molecule has 0 unspecified atom stereocenters. The number of nitrogen functional groups attached to an aromatic ring is 1. The predicted molar refractivity (Wildman–Crippen MR) is 80.5 cm³/mol. The fourth-order valence-corrected chi connectivity index (χ4v) is 2.88. The van der Waals surface area contributed by atoms with Gasteiger partial charge in [0, 0.05) is 23.3 Å². The molecule has 0 radical (unpaired) electrons. The van der Waals surface area contributed by atoms with Gasteiger partial charge in [-0.05, 0) is 42.5 Å². The quantitative estimate of drug-likeness (QED) is 0.824. The second kappa shape index (κ2) is 5.49. The third-order valence-corrected chi connectivity index (χ3v) is 3.94. The summed E-state index contributed by atoms with van der Waals surface area (Å²) in [4.78, 5) is 16.7. The summed E-state index contributed by atoms with van der Waals surface area (Å²) in [5, 5.41) is 4.92. The maximum Gasteiger partial charge on any atom is 0.270 e. The first-order valence-electron chi connectivity index (χ1n) is 7.19. The molecule has 3 N–H and O–H groups in total. The largest absolute Gasteiger partial charge is 0.399 e. The van der Waals surface area contributed by atoms with Crippen molar-refractivity contribution in [2.45, 2.75) is 38.1 Å². The Morgan fingerprint density at radius 2 is 2.00 bits per heavy atom. The van der Waals surface area contributed by atoms with E-state index in [4.69, 9.17) is 5.73 Å². The summed E-state index contributed by atoms with van der Waals surface area (Å²) >= 11 is 0. The minimum atomic E-state index is -0.0766. The number of rotatable bonds is 2. The van der Waals surface area contributed by atoms with Gasteiger partial charge >= 0.3 is 0 Å². The lowest BCUT2D eigenvalue weighted by Gasteiger charge is -2.22. The van der Waals surface area contributed by atoms with Crippen molar-refractivity contribution >= 4 is 22.4 Å². The second-order valence-electron chi connectivity index (χ2n) is 5.45. The zero-order valence-corrected chi connectivity index (χ0v) is 11.4. The Morgan fingerprint density at radius 1 is 1.20 bits per heavy atom. The molecular weight excluding hydrogens is 250 g/mol. The summed E-state index contributed by atoms with van der Waals surface area (Å²) in [7, 11) is 0. The Morgan fingerprint density at radius 3 is 2.80 bits per heavy atom. The van der Waals surface area contributed by atoms with Gasteiger partial charge in [0.25, 0.3) is 5.91 Å². The minimum Gasteiger partial charge on any atom is -0.399 e. The highest BCUT2D eigenvalue weighted by atomic mass is 16.1. The van der Waals surface area contributed by atoms with E-state index in [0.29, 0.717) is 17.4 Å². The van der Waals surface area contributed by atoms with E-state index in [0.717, 1.165) is 23.6 Å². The number of carbonyl (C=O) groups is 1. The first-order chi connectivity index (χ1) is 9.74. The van der Waals surface area contributed by atoms with Crippen molar-refractivity contribution in [1.82, 2.24) is 10.3 Å². The molecule has 1 aromatic heterocycles. The van der Waals surface area contributed by atoms with Crippen LogP contribution in [0.15, 0.2) is 30.5 Å². The first-order valence-corrected chi connectivity index (χ1v) is 7.19. The van der Waals surface area contributed by atoms with Crippen LogP contribution in [0.4, 0.5) is 5.69 Å². The molecule has 4 nitrogen and oxygen atoms in total. The summed E-state index contributed by atoms with van der Waals surface area (Å²) in [6.07, 6.45) is 7.48. The molecule has 0 saturated heterocycles. The van der Waals surface area contributed by atoms with Gasteiger partial charge in [0.15, 0.2) is 0 Å². The fourth-order valence-electron chi connectivity index (χ4n) is 2.88. The number of hydrogen-bond donors (Lipinski definition) is 2. The van der Waals surface area contributed by atoms with E-state index in [1.54, 1.807) is 12.3 Å². The van der Waals surface area contributed by atoms with Gasteiger partial charge in [-0.3, -0.25) is 9.78 Å². The monoisotopic (exact) mass is 269 g/mol. The number of carbonyl (C=O) groups excluding carboxylic acids is 1. The van der Waals surface area contributed by atoms with Crippen LogP contribution in [0.1, 0.15) is 42.6 Å². The van der Waals surface area contributed by atoms with E-state index in [-0.39, 0.29) is 5.91 Å². The van der Waals surface area contributed by atoms with Crippen LogP contribution in [-0.2, 0) is 0 Å². The van der Waals surface area contributed by atoms with Crippen LogP contribution in [0.2, 0.25) is 0 Å². The molecule has 0 aliphatic heterocycles. The highest BCUT2D eigenvalue weighted by Crippen LogP contribution is 2.21. The SMILES string of the molecule is Nc1ccc2c(C(=O)NC3CCCCC3)nccc2c1. The molecule has 1 heterocycles. The molecule has 104 valence electrons. The summed E-state index contributed by atoms with van der Waals surface area (Å²) in [6, 6.07) is 7.72. The Hall–Kier alpha value is -2.10. The van der Waals surface area contributed by atoms with Gasteiger partial charge in [0.1, 0.15) is 5.69 Å². The molecule has 0 atom stereocenters. The third-order valence-electron chi connectivity index (χ3n) is 3.94. The van der Waals surface area contributed by atoms with E-state index < -0.39 is 0 Å². The molecule has 1 amide bonds. The average molecular weight is 269 g/mol. The second-order valence-corrected chi connectivity index (χ2v) is 5.45. The summed E-state index contributed by atoms with van der Waals surface area (Å²) in [5.74, 6) is -0.0766. The van der Waals surface area contributed by atoms with Crippen molar-refractivity contribution in [3.05, 3.63) is 36.2 Å². The number of nitrogens with zero attached hydrogens (tertiary/aromatic N) is 1. The number of hydrogen-bond acceptors (Lipinski definition) is 3. The van der Waals surface area contributed by atoms with E-state index >= 15 is 0 Å². The molecule has 3 rings (SSSR count). The number of nitrogens with two attached hydrogens (primary N) is 1. The van der Waals surface area contributed by atoms with Gasteiger partial charge in [-0.25, -0.2) is 0 Å². The number of fused-ring (bicyclic) bond motifs is 1. The number of aromatic nitrogens is 1. The molecule has 2 aromatic rings. The molecule has 0 bridgehead atoms. The van der Waals surface area contributed by atoms with Gasteiger partial charge in [-0.15, -0.1) is 0 Å². The molecule has 20 heavy (non-hydrogen) atoms. The zero-order chi connectivity index (χ0) is 13.9. The van der Waals surface area contributed by atoms with Crippen LogP contribution in [0.5, 0.6) is 0 Å². The molecule has 1 aromatic carbocycles. The van der Waals surface area contributed by atoms with Crippen molar-refractivity contribution in [3.63, 3.8) is 0 Å². The van der Waals surface area contributed by atoms with Crippen LogP contribution >= 0.6 is 0 Å². The lowest BCUT2D eigenvalue weighted by atomic mass is 9.95. The fraction of sp³-hybridized carbons (Fsp3) is 0.375. The number of nitrogens with one attached hydrogen (secondary N) is 1. The molecule has 1 aliphatic rings. The first kappa shape index (κ1) is 12.9. The van der Waals surface area contributed by atoms with Crippen LogP contribution in [0, 0.1) is 0 Å². The topological polar surface area (TPSA) is 68.0 Å². The highest BCUT2D eigenvalue weighted by Gasteiger charge is 2.18. The molecule has 1 fully saturated rings. The van der Waals surface area contributed by atoms with Crippen molar-refractivity contribution in [3.8, 4) is 0 Å².